The van der Waals surface area contributed by atoms with Gasteiger partial charge in [0.25, 0.3) is 15.9 Å². The van der Waals surface area contributed by atoms with E-state index in [-0.39, 0.29) is 9.92 Å². The fraction of sp³-hybridized carbons (Fsp3) is 0.133. The van der Waals surface area contributed by atoms with Crippen molar-refractivity contribution in [2.24, 2.45) is 0 Å². The lowest BCUT2D eigenvalue weighted by molar-refractivity contribution is -0.121. The van der Waals surface area contributed by atoms with Crippen molar-refractivity contribution >= 4 is 27.5 Å². The summed E-state index contributed by atoms with van der Waals surface area (Å²) >= 11 is 5.83. The van der Waals surface area contributed by atoms with Crippen LogP contribution >= 0.6 is 11.6 Å². The Morgan fingerprint density at radius 3 is 2.35 bits per heavy atom. The lowest BCUT2D eigenvalue weighted by Crippen LogP contribution is -2.34. The number of hydrogen-bond acceptors (Lipinski definition) is 5. The van der Waals surface area contributed by atoms with E-state index in [1.165, 1.54) is 25.3 Å². The van der Waals surface area contributed by atoms with E-state index in [9.17, 15) is 13.2 Å². The van der Waals surface area contributed by atoms with Gasteiger partial charge in [0.1, 0.15) is 4.90 Å². The number of rotatable bonds is 6. The minimum atomic E-state index is -4.05. The van der Waals surface area contributed by atoms with Gasteiger partial charge >= 0.3 is 0 Å². The summed E-state index contributed by atoms with van der Waals surface area (Å²) in [5, 5.41) is 0.0263. The zero-order valence-corrected chi connectivity index (χ0v) is 13.7. The molecule has 1 amide bonds. The Morgan fingerprint density at radius 2 is 1.70 bits per heavy atom. The molecule has 0 fully saturated rings. The van der Waals surface area contributed by atoms with E-state index in [2.05, 4.69) is 0 Å². The minimum Gasteiger partial charge on any atom is -0.493 e. The van der Waals surface area contributed by atoms with Gasteiger partial charge in [0, 0.05) is 0 Å². The predicted octanol–water partition coefficient (Wildman–Crippen LogP) is 2.23. The average molecular weight is 356 g/mol. The molecule has 0 heterocycles. The van der Waals surface area contributed by atoms with Gasteiger partial charge in [-0.25, -0.2) is 13.1 Å². The summed E-state index contributed by atoms with van der Waals surface area (Å²) in [4.78, 5) is 11.6. The molecule has 0 bridgehead atoms. The standard InChI is InChI=1S/C15H14ClNO5S/c1-21-12-7-3-4-8-13(12)22-10-15(18)17-23(19,20)14-9-5-2-6-11(14)16/h2-9H,10H2,1H3,(H,17,18). The molecule has 6 nitrogen and oxygen atoms in total. The fourth-order valence-electron chi connectivity index (χ4n) is 1.78. The number of nitrogens with one attached hydrogen (secondary N) is 1. The van der Waals surface area contributed by atoms with Crippen LogP contribution in [0.1, 0.15) is 0 Å². The van der Waals surface area contributed by atoms with Crippen molar-refractivity contribution in [2.45, 2.75) is 4.90 Å². The van der Waals surface area contributed by atoms with Crippen LogP contribution in [0.3, 0.4) is 0 Å². The Labute approximate surface area is 139 Å². The zero-order valence-electron chi connectivity index (χ0n) is 12.2. The number of para-hydroxylation sites is 2. The Kier molecular flexibility index (Phi) is 5.46. The number of halogens is 1. The first-order chi connectivity index (χ1) is 10.9. The van der Waals surface area contributed by atoms with E-state index < -0.39 is 22.5 Å². The van der Waals surface area contributed by atoms with Crippen LogP contribution in [-0.4, -0.2) is 28.0 Å². The molecule has 0 aliphatic heterocycles. The molecule has 0 aromatic heterocycles. The SMILES string of the molecule is COc1ccccc1OCC(=O)NS(=O)(=O)c1ccccc1Cl. The molecule has 0 unspecified atom stereocenters. The highest BCUT2D eigenvalue weighted by Gasteiger charge is 2.20. The third-order valence-corrected chi connectivity index (χ3v) is 4.68. The van der Waals surface area contributed by atoms with Crippen LogP contribution in [-0.2, 0) is 14.8 Å². The van der Waals surface area contributed by atoms with Crippen molar-refractivity contribution in [3.05, 3.63) is 53.6 Å². The second-order valence-electron chi connectivity index (χ2n) is 4.40. The molecule has 8 heteroatoms. The van der Waals surface area contributed by atoms with Crippen molar-refractivity contribution in [3.63, 3.8) is 0 Å². The van der Waals surface area contributed by atoms with Crippen molar-refractivity contribution in [2.75, 3.05) is 13.7 Å². The molecule has 2 aromatic rings. The third-order valence-electron chi connectivity index (χ3n) is 2.80. The molecule has 0 aliphatic carbocycles. The smallest absolute Gasteiger partial charge is 0.271 e. The highest BCUT2D eigenvalue weighted by molar-refractivity contribution is 7.90. The topological polar surface area (TPSA) is 81.7 Å². The largest absolute Gasteiger partial charge is 0.493 e. The maximum absolute atomic E-state index is 12.1. The first-order valence-electron chi connectivity index (χ1n) is 6.50. The molecule has 0 radical (unpaired) electrons. The van der Waals surface area contributed by atoms with Gasteiger partial charge in [-0.1, -0.05) is 35.9 Å². The van der Waals surface area contributed by atoms with Gasteiger partial charge in [0.2, 0.25) is 0 Å². The van der Waals surface area contributed by atoms with Gasteiger partial charge in [0.15, 0.2) is 18.1 Å². The van der Waals surface area contributed by atoms with Crippen LogP contribution in [0.2, 0.25) is 5.02 Å². The number of sulfonamides is 1. The Balaban J connectivity index is 2.04. The lowest BCUT2D eigenvalue weighted by Gasteiger charge is -2.11. The average Bonchev–Trinajstić information content (AvgIpc) is 2.53. The molecular formula is C15H14ClNO5S. The van der Waals surface area contributed by atoms with Crippen molar-refractivity contribution in [3.8, 4) is 11.5 Å². The van der Waals surface area contributed by atoms with E-state index >= 15 is 0 Å². The van der Waals surface area contributed by atoms with Crippen LogP contribution in [0.4, 0.5) is 0 Å². The van der Waals surface area contributed by atoms with Gasteiger partial charge in [-0.05, 0) is 24.3 Å². The van der Waals surface area contributed by atoms with Crippen LogP contribution in [0, 0.1) is 0 Å². The van der Waals surface area contributed by atoms with Gasteiger partial charge in [-0.15, -0.1) is 0 Å². The molecule has 0 aliphatic rings. The number of benzene rings is 2. The first-order valence-corrected chi connectivity index (χ1v) is 8.36. The molecule has 0 atom stereocenters. The fourth-order valence-corrected chi connectivity index (χ4v) is 3.27. The molecular weight excluding hydrogens is 342 g/mol. The van der Waals surface area contributed by atoms with E-state index in [0.29, 0.717) is 11.5 Å². The molecule has 122 valence electrons. The quantitative estimate of drug-likeness (QED) is 0.859. The lowest BCUT2D eigenvalue weighted by atomic mass is 10.3. The normalized spacial score (nSPS) is 10.9. The van der Waals surface area contributed by atoms with Gasteiger partial charge in [-0.3, -0.25) is 4.79 Å². The maximum atomic E-state index is 12.1. The van der Waals surface area contributed by atoms with Crippen molar-refractivity contribution in [1.82, 2.24) is 4.72 Å². The number of hydrogen-bond donors (Lipinski definition) is 1. The second-order valence-corrected chi connectivity index (χ2v) is 6.46. The number of ether oxygens (including phenoxy) is 2. The van der Waals surface area contributed by atoms with Crippen LogP contribution in [0.15, 0.2) is 53.4 Å². The zero-order chi connectivity index (χ0) is 16.9. The summed E-state index contributed by atoms with van der Waals surface area (Å²) < 4.78 is 36.4. The summed E-state index contributed by atoms with van der Waals surface area (Å²) in [5.74, 6) is -0.0506. The molecule has 0 saturated carbocycles. The minimum absolute atomic E-state index is 0.0263. The number of carbonyl (C=O) groups is 1. The molecule has 0 saturated heterocycles. The molecule has 1 N–H and O–H groups in total. The van der Waals surface area contributed by atoms with E-state index in [0.717, 1.165) is 0 Å². The van der Waals surface area contributed by atoms with Crippen LogP contribution in [0.5, 0.6) is 11.5 Å². The van der Waals surface area contributed by atoms with E-state index in [4.69, 9.17) is 21.1 Å². The van der Waals surface area contributed by atoms with Gasteiger partial charge < -0.3 is 9.47 Å². The highest BCUT2D eigenvalue weighted by atomic mass is 35.5. The number of amides is 1. The summed E-state index contributed by atoms with van der Waals surface area (Å²) in [5.41, 5.74) is 0. The first kappa shape index (κ1) is 17.1. The van der Waals surface area contributed by atoms with E-state index in [1.54, 1.807) is 30.3 Å². The summed E-state index contributed by atoms with van der Waals surface area (Å²) in [6.45, 7) is -0.482. The molecule has 2 aromatic carbocycles. The van der Waals surface area contributed by atoms with Crippen LogP contribution < -0.4 is 14.2 Å². The monoisotopic (exact) mass is 355 g/mol. The van der Waals surface area contributed by atoms with E-state index in [1.807, 2.05) is 4.72 Å². The summed E-state index contributed by atoms with van der Waals surface area (Å²) in [7, 11) is -2.59. The van der Waals surface area contributed by atoms with Gasteiger partial charge in [0.05, 0.1) is 12.1 Å². The molecule has 0 spiro atoms. The molecule has 23 heavy (non-hydrogen) atoms. The second kappa shape index (κ2) is 7.34. The Morgan fingerprint density at radius 1 is 1.09 bits per heavy atom. The Bertz CT molecular complexity index is 807. The third kappa shape index (κ3) is 4.37. The summed E-state index contributed by atoms with van der Waals surface area (Å²) in [6, 6.07) is 12.5. The van der Waals surface area contributed by atoms with Gasteiger partial charge in [-0.2, -0.15) is 0 Å². The van der Waals surface area contributed by atoms with Crippen LogP contribution in [0.25, 0.3) is 0 Å². The Hall–Kier alpha value is -2.25. The number of methoxy groups -OCH3 is 1. The highest BCUT2D eigenvalue weighted by Crippen LogP contribution is 2.25. The van der Waals surface area contributed by atoms with Crippen molar-refractivity contribution in [1.29, 1.82) is 0 Å². The molecule has 2 rings (SSSR count). The predicted molar refractivity (Wildman–Crippen MR) is 85.3 cm³/mol. The van der Waals surface area contributed by atoms with Crippen molar-refractivity contribution < 1.29 is 22.7 Å². The number of carbonyl (C=O) groups excluding carboxylic acids is 1. The maximum Gasteiger partial charge on any atom is 0.271 e. The summed E-state index contributed by atoms with van der Waals surface area (Å²) in [6.07, 6.45) is 0.